The average Bonchev–Trinajstić information content (AvgIpc) is 3.72. The molecule has 1 amide bonds. The molecule has 8 bridgehead atoms. The number of hydrogen-bond acceptors (Lipinski definition) is 5. The van der Waals surface area contributed by atoms with Gasteiger partial charge in [0.15, 0.2) is 0 Å². The van der Waals surface area contributed by atoms with Gasteiger partial charge in [0.05, 0.1) is 18.5 Å². The number of hydrogen-bond donors (Lipinski definition) is 3. The quantitative estimate of drug-likeness (QED) is 0.482. The number of carbonyl (C=O) groups is 2. The molecule has 218 valence electrons. The van der Waals surface area contributed by atoms with Gasteiger partial charge in [0.1, 0.15) is 0 Å². The first kappa shape index (κ1) is 27.9. The monoisotopic (exact) mass is 565 g/mol. The van der Waals surface area contributed by atoms with Crippen LogP contribution in [0.5, 0.6) is 0 Å². The van der Waals surface area contributed by atoms with Gasteiger partial charge in [-0.05, 0) is 92.5 Å². The molecule has 5 heterocycles. The van der Waals surface area contributed by atoms with E-state index in [-0.39, 0.29) is 23.7 Å². The number of fused-ring (bicyclic) bond motifs is 7. The summed E-state index contributed by atoms with van der Waals surface area (Å²) >= 11 is 0. The number of methoxy groups -OCH3 is 1. The molecule has 0 saturated carbocycles. The zero-order valence-corrected chi connectivity index (χ0v) is 25.5. The third kappa shape index (κ3) is 4.53. The van der Waals surface area contributed by atoms with Crippen molar-refractivity contribution >= 4 is 41.0 Å². The molecule has 0 spiro atoms. The highest BCUT2D eigenvalue weighted by Gasteiger charge is 2.37. The van der Waals surface area contributed by atoms with Crippen LogP contribution < -0.4 is 16.0 Å². The Bertz CT molecular complexity index is 1820. The van der Waals surface area contributed by atoms with Gasteiger partial charge in [-0.15, -0.1) is 0 Å². The summed E-state index contributed by atoms with van der Waals surface area (Å²) in [5.74, 6) is -0.259. The van der Waals surface area contributed by atoms with Crippen molar-refractivity contribution in [2.45, 2.75) is 73.6 Å². The number of rotatable bonds is 4. The third-order valence-corrected chi connectivity index (χ3v) is 9.44. The maximum absolute atomic E-state index is 12.2. The molecule has 8 heteroatoms. The molecule has 3 aliphatic heterocycles. The predicted molar refractivity (Wildman–Crippen MR) is 166 cm³/mol. The first-order valence-electron chi connectivity index (χ1n) is 14.9. The fourth-order valence-electron chi connectivity index (χ4n) is 7.00. The van der Waals surface area contributed by atoms with E-state index in [0.717, 1.165) is 64.4 Å². The zero-order valence-electron chi connectivity index (χ0n) is 25.5. The van der Waals surface area contributed by atoms with Crippen LogP contribution in [0.4, 0.5) is 0 Å². The molecular formula is C34H39N5O3. The van der Waals surface area contributed by atoms with Crippen LogP contribution in [0.1, 0.15) is 80.6 Å². The average molecular weight is 566 g/mol. The van der Waals surface area contributed by atoms with E-state index in [1.165, 1.54) is 47.2 Å². The van der Waals surface area contributed by atoms with E-state index < -0.39 is 0 Å². The van der Waals surface area contributed by atoms with Gasteiger partial charge in [0, 0.05) is 69.9 Å². The first-order valence-corrected chi connectivity index (χ1v) is 14.9. The zero-order chi connectivity index (χ0) is 29.9. The van der Waals surface area contributed by atoms with Gasteiger partial charge in [0.2, 0.25) is 5.91 Å². The summed E-state index contributed by atoms with van der Waals surface area (Å²) in [6.07, 6.45) is 10.2. The van der Waals surface area contributed by atoms with Crippen LogP contribution in [-0.4, -0.2) is 40.4 Å². The van der Waals surface area contributed by atoms with Gasteiger partial charge in [-0.2, -0.15) is 0 Å². The number of ether oxygens (including phenoxy) is 1. The summed E-state index contributed by atoms with van der Waals surface area (Å²) in [4.78, 5) is 41.5. The van der Waals surface area contributed by atoms with Gasteiger partial charge in [-0.1, -0.05) is 13.8 Å². The minimum Gasteiger partial charge on any atom is -0.469 e. The number of nitrogens with zero attached hydrogens (tertiary/aromatic N) is 2. The topological polar surface area (TPSA) is 112 Å². The molecule has 4 aliphatic rings. The second-order valence-electron chi connectivity index (χ2n) is 11.8. The highest BCUT2D eigenvalue weighted by Crippen LogP contribution is 2.39. The molecule has 2 aromatic heterocycles. The minimum atomic E-state index is -0.244. The lowest BCUT2D eigenvalue weighted by molar-refractivity contribution is -0.140. The Kier molecular flexibility index (Phi) is 7.03. The Morgan fingerprint density at radius 3 is 2.57 bits per heavy atom. The predicted octanol–water partition coefficient (Wildman–Crippen LogP) is 4.21. The Hall–Kier alpha value is -4.20. The van der Waals surface area contributed by atoms with Crippen LogP contribution in [0, 0.1) is 25.7 Å². The van der Waals surface area contributed by atoms with Crippen LogP contribution >= 0.6 is 0 Å². The van der Waals surface area contributed by atoms with Gasteiger partial charge >= 0.3 is 5.97 Å². The summed E-state index contributed by atoms with van der Waals surface area (Å²) < 4.78 is 4.99. The van der Waals surface area contributed by atoms with E-state index in [2.05, 4.69) is 66.2 Å². The Balaban J connectivity index is 1.64. The van der Waals surface area contributed by atoms with E-state index in [9.17, 15) is 9.59 Å². The summed E-state index contributed by atoms with van der Waals surface area (Å²) in [7, 11) is 1.44. The van der Waals surface area contributed by atoms with Gasteiger partial charge < -0.3 is 20.0 Å². The van der Waals surface area contributed by atoms with Crippen LogP contribution in [0.15, 0.2) is 38.7 Å². The largest absolute Gasteiger partial charge is 0.469 e. The van der Waals surface area contributed by atoms with E-state index in [1.54, 1.807) is 0 Å². The number of esters is 1. The fourth-order valence-corrected chi connectivity index (χ4v) is 7.00. The number of carbonyl (C=O) groups excluding carboxylic acids is 2. The molecule has 42 heavy (non-hydrogen) atoms. The molecule has 2 aromatic rings. The van der Waals surface area contributed by atoms with Crippen LogP contribution in [0.2, 0.25) is 0 Å². The lowest BCUT2D eigenvalue weighted by Crippen LogP contribution is -2.23. The van der Waals surface area contributed by atoms with Gasteiger partial charge in [0.25, 0.3) is 0 Å². The number of aliphatic imine (C=N–C) groups is 2. The second kappa shape index (κ2) is 10.6. The SMILES string of the molecule is CCc1c2[nH]c(c1C)C=C1NC(=C(C)C1=NC(C)=O)C=C1N=C(C3=c4[nH]c(c(C)c4CC3)=C2)[C@@H](CCC(=O)OC)[C@@H]1C. The molecule has 0 aromatic carbocycles. The van der Waals surface area contributed by atoms with Crippen molar-refractivity contribution in [3.8, 4) is 0 Å². The molecule has 0 unspecified atom stereocenters. The maximum Gasteiger partial charge on any atom is 0.305 e. The molecule has 0 saturated heterocycles. The van der Waals surface area contributed by atoms with Crippen molar-refractivity contribution in [2.24, 2.45) is 21.8 Å². The number of H-pyrrole nitrogens is 2. The van der Waals surface area contributed by atoms with E-state index in [0.29, 0.717) is 18.6 Å². The molecule has 1 aliphatic carbocycles. The minimum absolute atomic E-state index is 0.0885. The number of allylic oxidation sites excluding steroid dienone is 3. The van der Waals surface area contributed by atoms with E-state index in [1.807, 2.05) is 6.92 Å². The molecule has 3 N–H and O–H groups in total. The van der Waals surface area contributed by atoms with Gasteiger partial charge in [-0.25, -0.2) is 4.99 Å². The Morgan fingerprint density at radius 2 is 1.86 bits per heavy atom. The third-order valence-electron chi connectivity index (χ3n) is 9.44. The Morgan fingerprint density at radius 1 is 1.07 bits per heavy atom. The molecule has 0 radical (unpaired) electrons. The second-order valence-corrected chi connectivity index (χ2v) is 11.8. The van der Waals surface area contributed by atoms with E-state index >= 15 is 0 Å². The van der Waals surface area contributed by atoms with Crippen molar-refractivity contribution in [3.05, 3.63) is 73.1 Å². The molecule has 2 atom stereocenters. The molecule has 6 rings (SSSR count). The summed E-state index contributed by atoms with van der Waals surface area (Å²) in [6, 6.07) is 0. The number of nitrogens with one attached hydrogen (secondary N) is 3. The van der Waals surface area contributed by atoms with Crippen molar-refractivity contribution in [2.75, 3.05) is 7.11 Å². The fraction of sp³-hybridized carbons (Fsp3) is 0.412. The number of aromatic amines is 2. The number of aromatic nitrogens is 2. The van der Waals surface area contributed by atoms with Crippen LogP contribution in [-0.2, 0) is 27.2 Å². The highest BCUT2D eigenvalue weighted by molar-refractivity contribution is 6.22. The molecule has 0 fully saturated rings. The van der Waals surface area contributed by atoms with E-state index in [4.69, 9.17) is 9.73 Å². The Labute approximate surface area is 246 Å². The first-order chi connectivity index (χ1) is 20.1. The van der Waals surface area contributed by atoms with Gasteiger partial charge in [-0.3, -0.25) is 14.6 Å². The van der Waals surface area contributed by atoms with Crippen LogP contribution in [0.25, 0.3) is 17.7 Å². The number of amides is 1. The van der Waals surface area contributed by atoms with Crippen molar-refractivity contribution in [1.82, 2.24) is 15.3 Å². The maximum atomic E-state index is 12.2. The van der Waals surface area contributed by atoms with Crippen molar-refractivity contribution in [1.29, 1.82) is 0 Å². The highest BCUT2D eigenvalue weighted by atomic mass is 16.5. The van der Waals surface area contributed by atoms with Crippen molar-refractivity contribution < 1.29 is 14.3 Å². The van der Waals surface area contributed by atoms with Crippen LogP contribution in [0.3, 0.4) is 0 Å². The smallest absolute Gasteiger partial charge is 0.305 e. The lowest BCUT2D eigenvalue weighted by Gasteiger charge is -2.18. The lowest BCUT2D eigenvalue weighted by atomic mass is 9.83. The molecule has 8 nitrogen and oxygen atoms in total. The normalized spacial score (nSPS) is 21.7. The summed E-state index contributed by atoms with van der Waals surface area (Å²) in [5, 5.41) is 5.84. The van der Waals surface area contributed by atoms with Crippen molar-refractivity contribution in [3.63, 3.8) is 0 Å². The summed E-state index contributed by atoms with van der Waals surface area (Å²) in [6.45, 7) is 12.2. The summed E-state index contributed by atoms with van der Waals surface area (Å²) in [5.41, 5.74) is 13.6. The molecular weight excluding hydrogens is 526 g/mol. The standard InChI is InChI=1S/C34H39N5O3/c1-8-21-16(2)25-15-30-32(35-20(6)40)19(5)28(37-30)13-26-18(4)23(11-12-31(41)42-7)34(38-26)24-10-9-22-17(3)27(39-33(22)24)14-29(21)36-25/h13-15,18,23,36-37,39H,8-12H2,1-7H3/t18-,23-/m0/s1.